The maximum Gasteiger partial charge on any atom is 0.164 e. The summed E-state index contributed by atoms with van der Waals surface area (Å²) < 4.78 is 5.00. The summed E-state index contributed by atoms with van der Waals surface area (Å²) in [4.78, 5) is 15.8. The van der Waals surface area contributed by atoms with Gasteiger partial charge in [-0.15, -0.1) is 0 Å². The second-order valence-corrected chi connectivity index (χ2v) is 21.5. The zero-order chi connectivity index (χ0) is 51.4. The molecule has 5 nitrogen and oxygen atoms in total. The molecule has 5 heteroatoms. The molecule has 0 saturated heterocycles. The van der Waals surface area contributed by atoms with Gasteiger partial charge in [0.15, 0.2) is 17.5 Å². The topological polar surface area (TPSA) is 48.5 Å². The van der Waals surface area contributed by atoms with Crippen LogP contribution in [-0.2, 0) is 10.8 Å². The van der Waals surface area contributed by atoms with E-state index in [-0.39, 0.29) is 0 Å². The summed E-state index contributed by atoms with van der Waals surface area (Å²) in [6, 6.07) is 91.6. The van der Waals surface area contributed by atoms with Crippen molar-refractivity contribution in [1.29, 1.82) is 0 Å². The average molecular weight is 994 g/mol. The van der Waals surface area contributed by atoms with Crippen molar-refractivity contribution in [2.45, 2.75) is 24.7 Å². The van der Waals surface area contributed by atoms with Crippen LogP contribution in [-0.4, -0.2) is 24.1 Å². The second-order valence-electron chi connectivity index (χ2n) is 21.5. The highest BCUT2D eigenvalue weighted by Crippen LogP contribution is 2.70. The molecule has 0 saturated carbocycles. The van der Waals surface area contributed by atoms with Gasteiger partial charge in [0.1, 0.15) is 0 Å². The van der Waals surface area contributed by atoms with Gasteiger partial charge in [0.25, 0.3) is 0 Å². The number of benzene rings is 12. The summed E-state index contributed by atoms with van der Waals surface area (Å²) in [6.45, 7) is 4.84. The Bertz CT molecular complexity index is 4700. The maximum atomic E-state index is 5.34. The monoisotopic (exact) mass is 993 g/mol. The van der Waals surface area contributed by atoms with Crippen LogP contribution in [0.4, 0.5) is 0 Å². The molecule has 0 aliphatic heterocycles. The van der Waals surface area contributed by atoms with E-state index in [0.29, 0.717) is 17.5 Å². The van der Waals surface area contributed by atoms with Crippen molar-refractivity contribution in [3.8, 4) is 45.5 Å². The lowest BCUT2D eigenvalue weighted by molar-refractivity contribution is 0.436. The number of aromatic nitrogens is 5. The van der Waals surface area contributed by atoms with Crippen LogP contribution >= 0.6 is 0 Å². The number of aryl methyl sites for hydroxylation is 1. The third-order valence-corrected chi connectivity index (χ3v) is 17.9. The Morgan fingerprint density at radius 1 is 0.295 bits per heavy atom. The first kappa shape index (κ1) is 43.3. The van der Waals surface area contributed by atoms with E-state index in [1.54, 1.807) is 0 Å². The van der Waals surface area contributed by atoms with Gasteiger partial charge in [-0.1, -0.05) is 212 Å². The number of hydrogen-bond acceptors (Lipinski definition) is 3. The fraction of sp³-hybridized carbons (Fsp3) is 0.0548. The molecule has 12 aromatic carbocycles. The van der Waals surface area contributed by atoms with Crippen molar-refractivity contribution in [2.24, 2.45) is 0 Å². The highest BCUT2D eigenvalue weighted by Gasteiger charge is 2.64. The van der Waals surface area contributed by atoms with E-state index >= 15 is 0 Å². The van der Waals surface area contributed by atoms with Crippen molar-refractivity contribution in [2.75, 3.05) is 0 Å². The molecule has 0 radical (unpaired) electrons. The summed E-state index contributed by atoms with van der Waals surface area (Å²) in [5, 5.41) is 12.5. The third kappa shape index (κ3) is 5.47. The Kier molecular flexibility index (Phi) is 8.77. The Hall–Kier alpha value is -9.97. The SMILES string of the molecule is Cc1cccc2c(-c3nc(-c4ccccc4)nc(-c4ccccc4)n3)ccc(C34c5ccc(-n6c7ccccc7c7ccccc76)c6cccc(c56)C3(C)c3cccc5c(-n6c7ccccc7c7ccccc76)ccc4c35)c12. The minimum absolute atomic E-state index is 0.569. The van der Waals surface area contributed by atoms with Crippen molar-refractivity contribution in [3.05, 3.63) is 282 Å². The van der Waals surface area contributed by atoms with E-state index in [0.717, 1.165) is 22.1 Å². The summed E-state index contributed by atoms with van der Waals surface area (Å²) in [6.07, 6.45) is 0. The van der Waals surface area contributed by atoms with E-state index in [1.165, 1.54) is 115 Å². The van der Waals surface area contributed by atoms with Gasteiger partial charge >= 0.3 is 0 Å². The molecule has 0 N–H and O–H groups in total. The van der Waals surface area contributed by atoms with Gasteiger partial charge in [-0.25, -0.2) is 15.0 Å². The van der Waals surface area contributed by atoms with E-state index in [4.69, 9.17) is 15.0 Å². The minimum Gasteiger partial charge on any atom is -0.309 e. The van der Waals surface area contributed by atoms with Crippen LogP contribution in [0.1, 0.15) is 40.3 Å². The fourth-order valence-corrected chi connectivity index (χ4v) is 14.8. The van der Waals surface area contributed by atoms with Crippen molar-refractivity contribution < 1.29 is 0 Å². The number of para-hydroxylation sites is 4. The average Bonchev–Trinajstić information content (AvgIpc) is 4.28. The Morgan fingerprint density at radius 3 is 1.14 bits per heavy atom. The highest BCUT2D eigenvalue weighted by molar-refractivity contribution is 6.16. The van der Waals surface area contributed by atoms with Gasteiger partial charge in [0.05, 0.1) is 38.9 Å². The Morgan fingerprint density at radius 2 is 0.667 bits per heavy atom. The molecule has 0 bridgehead atoms. The van der Waals surface area contributed by atoms with Crippen molar-refractivity contribution in [1.82, 2.24) is 24.1 Å². The molecule has 3 aromatic heterocycles. The molecule has 364 valence electrons. The lowest BCUT2D eigenvalue weighted by Gasteiger charge is -2.43. The largest absolute Gasteiger partial charge is 0.309 e. The van der Waals surface area contributed by atoms with Gasteiger partial charge in [0, 0.05) is 54.4 Å². The van der Waals surface area contributed by atoms with Gasteiger partial charge in [-0.3, -0.25) is 0 Å². The fourth-order valence-electron chi connectivity index (χ4n) is 14.8. The molecule has 0 spiro atoms. The molecule has 15 aromatic rings. The Balaban J connectivity index is 0.993. The van der Waals surface area contributed by atoms with Crippen LogP contribution in [0.3, 0.4) is 0 Å². The molecule has 2 aliphatic rings. The van der Waals surface area contributed by atoms with Crippen molar-refractivity contribution in [3.63, 3.8) is 0 Å². The summed E-state index contributed by atoms with van der Waals surface area (Å²) in [5.41, 5.74) is 16.5. The Labute approximate surface area is 450 Å². The quantitative estimate of drug-likeness (QED) is 0.167. The van der Waals surface area contributed by atoms with Crippen LogP contribution in [0.2, 0.25) is 0 Å². The smallest absolute Gasteiger partial charge is 0.164 e. The zero-order valence-electron chi connectivity index (χ0n) is 42.9. The first-order valence-corrected chi connectivity index (χ1v) is 27.0. The van der Waals surface area contributed by atoms with Gasteiger partial charge in [-0.05, 0) is 105 Å². The minimum atomic E-state index is -0.692. The predicted octanol–water partition coefficient (Wildman–Crippen LogP) is 17.8. The molecular weight excluding hydrogens is 947 g/mol. The first-order valence-electron chi connectivity index (χ1n) is 27.0. The standard InChI is InChI=1S/C73H47N5/c1-44-20-17-29-51-52(71-75-69(45-21-5-3-6-22-45)74-70(76-71)46-23-7-4-8-24-46)38-39-57(66(44)51)73-58-40-42-64(77-60-34-13-9-25-47(60)48-26-10-14-35-61(48)77)53-30-18-32-55(67(53)58)72(73,2)56-33-19-31-54-65(43-41-59(73)68(54)56)78-62-36-15-11-27-49(62)50-28-12-16-37-63(50)78/h3-43H,1-2H3. The lowest BCUT2D eigenvalue weighted by Crippen LogP contribution is -2.43. The van der Waals surface area contributed by atoms with Gasteiger partial charge in [0.2, 0.25) is 0 Å². The number of fused-ring (bicyclic) bond motifs is 12. The maximum absolute atomic E-state index is 5.34. The summed E-state index contributed by atoms with van der Waals surface area (Å²) in [7, 11) is 0. The van der Waals surface area contributed by atoms with Crippen LogP contribution in [0.5, 0.6) is 0 Å². The molecule has 0 fully saturated rings. The van der Waals surface area contributed by atoms with Crippen LogP contribution in [0.25, 0.3) is 121 Å². The number of nitrogens with zero attached hydrogens (tertiary/aromatic N) is 5. The van der Waals surface area contributed by atoms with E-state index in [9.17, 15) is 0 Å². The molecule has 0 amide bonds. The molecule has 0 unspecified atom stereocenters. The van der Waals surface area contributed by atoms with E-state index in [1.807, 2.05) is 36.4 Å². The van der Waals surface area contributed by atoms with E-state index < -0.39 is 10.8 Å². The summed E-state index contributed by atoms with van der Waals surface area (Å²) >= 11 is 0. The molecule has 0 atom stereocenters. The first-order chi connectivity index (χ1) is 38.5. The number of hydrogen-bond donors (Lipinski definition) is 0. The third-order valence-electron chi connectivity index (χ3n) is 17.9. The molecule has 17 rings (SSSR count). The van der Waals surface area contributed by atoms with Crippen LogP contribution in [0.15, 0.2) is 249 Å². The van der Waals surface area contributed by atoms with Crippen molar-refractivity contribution >= 4 is 75.9 Å². The van der Waals surface area contributed by atoms with Gasteiger partial charge < -0.3 is 9.13 Å². The normalized spacial score (nSPS) is 16.4. The van der Waals surface area contributed by atoms with Gasteiger partial charge in [-0.2, -0.15) is 0 Å². The van der Waals surface area contributed by atoms with Crippen LogP contribution < -0.4 is 0 Å². The molecule has 2 aliphatic carbocycles. The second kappa shape index (κ2) is 15.8. The molecular formula is C73H47N5. The highest BCUT2D eigenvalue weighted by atomic mass is 15.0. The van der Waals surface area contributed by atoms with E-state index in [2.05, 4.69) is 235 Å². The molecule has 3 heterocycles. The lowest BCUT2D eigenvalue weighted by atomic mass is 9.57. The van der Waals surface area contributed by atoms with Crippen LogP contribution in [0, 0.1) is 6.92 Å². The number of rotatable bonds is 6. The molecule has 78 heavy (non-hydrogen) atoms. The predicted molar refractivity (Wildman–Crippen MR) is 321 cm³/mol. The zero-order valence-corrected chi connectivity index (χ0v) is 42.9. The summed E-state index contributed by atoms with van der Waals surface area (Å²) in [5.74, 6) is 1.93.